The molecule has 0 saturated carbocycles. The Labute approximate surface area is 77.8 Å². The van der Waals surface area contributed by atoms with E-state index in [2.05, 4.69) is 9.97 Å². The Morgan fingerprint density at radius 2 is 2.23 bits per heavy atom. The number of hydrogen-bond donors (Lipinski definition) is 2. The van der Waals surface area contributed by atoms with Crippen LogP contribution in [0.2, 0.25) is 5.28 Å². The molecule has 0 atom stereocenters. The van der Waals surface area contributed by atoms with Gasteiger partial charge in [0.25, 0.3) is 5.56 Å². The Morgan fingerprint density at radius 3 is 3.00 bits per heavy atom. The molecule has 0 fully saturated rings. The topological polar surface area (TPSA) is 66.0 Å². The van der Waals surface area contributed by atoms with Crippen molar-refractivity contribution in [3.63, 3.8) is 0 Å². The van der Waals surface area contributed by atoms with Crippen molar-refractivity contribution in [2.24, 2.45) is 0 Å². The molecule has 4 nitrogen and oxygen atoms in total. The first kappa shape index (κ1) is 8.07. The van der Waals surface area contributed by atoms with Crippen LogP contribution in [-0.2, 0) is 0 Å². The van der Waals surface area contributed by atoms with Gasteiger partial charge in [-0.2, -0.15) is 0 Å². The molecule has 0 bridgehead atoms. The van der Waals surface area contributed by atoms with Crippen molar-refractivity contribution in [3.05, 3.63) is 33.8 Å². The van der Waals surface area contributed by atoms with Crippen molar-refractivity contribution >= 4 is 22.5 Å². The summed E-state index contributed by atoms with van der Waals surface area (Å²) < 4.78 is 0. The molecule has 2 aromatic rings. The van der Waals surface area contributed by atoms with Gasteiger partial charge in [-0.25, -0.2) is 4.98 Å². The molecule has 0 unspecified atom stereocenters. The summed E-state index contributed by atoms with van der Waals surface area (Å²) in [6, 6.07) is 4.63. The molecule has 0 radical (unpaired) electrons. The predicted molar refractivity (Wildman–Crippen MR) is 49.0 cm³/mol. The highest BCUT2D eigenvalue weighted by molar-refractivity contribution is 6.28. The smallest absolute Gasteiger partial charge is 0.263 e. The van der Waals surface area contributed by atoms with Crippen molar-refractivity contribution in [1.82, 2.24) is 9.97 Å². The number of rotatable bonds is 0. The number of hydrogen-bond acceptors (Lipinski definition) is 3. The normalized spacial score (nSPS) is 10.5. The third-order valence-electron chi connectivity index (χ3n) is 1.68. The second kappa shape index (κ2) is 2.74. The fourth-order valence-electron chi connectivity index (χ4n) is 1.14. The zero-order valence-corrected chi connectivity index (χ0v) is 7.17. The minimum atomic E-state index is -0.437. The third-order valence-corrected chi connectivity index (χ3v) is 1.86. The maximum absolute atomic E-state index is 11.3. The van der Waals surface area contributed by atoms with Crippen LogP contribution in [0.15, 0.2) is 23.0 Å². The minimum Gasteiger partial charge on any atom is -0.507 e. The molecule has 0 aliphatic heterocycles. The lowest BCUT2D eigenvalue weighted by Crippen LogP contribution is -2.07. The Hall–Kier alpha value is -1.55. The number of H-pyrrole nitrogens is 1. The van der Waals surface area contributed by atoms with Gasteiger partial charge in [-0.05, 0) is 23.7 Å². The maximum atomic E-state index is 11.3. The number of benzene rings is 1. The fraction of sp³-hybridized carbons (Fsp3) is 0. The average molecular weight is 197 g/mol. The van der Waals surface area contributed by atoms with E-state index in [-0.39, 0.29) is 16.4 Å². The van der Waals surface area contributed by atoms with E-state index in [1.165, 1.54) is 6.07 Å². The molecule has 0 aliphatic carbocycles. The second-order valence-electron chi connectivity index (χ2n) is 2.53. The van der Waals surface area contributed by atoms with Crippen molar-refractivity contribution < 1.29 is 5.11 Å². The van der Waals surface area contributed by atoms with Gasteiger partial charge in [0.15, 0.2) is 0 Å². The fourth-order valence-corrected chi connectivity index (χ4v) is 1.32. The van der Waals surface area contributed by atoms with E-state index >= 15 is 0 Å². The van der Waals surface area contributed by atoms with Crippen molar-refractivity contribution in [2.45, 2.75) is 0 Å². The number of aromatic nitrogens is 2. The number of fused-ring (bicyclic) bond motifs is 1. The molecule has 0 spiro atoms. The highest BCUT2D eigenvalue weighted by Gasteiger charge is 2.05. The molecule has 66 valence electrons. The summed E-state index contributed by atoms with van der Waals surface area (Å²) in [7, 11) is 0. The van der Waals surface area contributed by atoms with Crippen molar-refractivity contribution in [1.29, 1.82) is 0 Å². The zero-order chi connectivity index (χ0) is 9.42. The molecule has 1 heterocycles. The van der Waals surface area contributed by atoms with Gasteiger partial charge >= 0.3 is 0 Å². The van der Waals surface area contributed by atoms with Crippen LogP contribution < -0.4 is 5.56 Å². The van der Waals surface area contributed by atoms with Crippen molar-refractivity contribution in [2.75, 3.05) is 0 Å². The summed E-state index contributed by atoms with van der Waals surface area (Å²) in [6.45, 7) is 0. The molecule has 13 heavy (non-hydrogen) atoms. The molecule has 2 N–H and O–H groups in total. The number of nitrogens with one attached hydrogen (secondary N) is 1. The molecule has 2 rings (SSSR count). The summed E-state index contributed by atoms with van der Waals surface area (Å²) in [4.78, 5) is 17.4. The number of nitrogens with zero attached hydrogens (tertiary/aromatic N) is 1. The number of phenolic OH excluding ortho intramolecular Hbond substituents is 1. The van der Waals surface area contributed by atoms with Gasteiger partial charge in [0, 0.05) is 0 Å². The van der Waals surface area contributed by atoms with Gasteiger partial charge in [-0.3, -0.25) is 9.78 Å². The van der Waals surface area contributed by atoms with Crippen LogP contribution >= 0.6 is 11.6 Å². The Morgan fingerprint density at radius 1 is 1.46 bits per heavy atom. The van der Waals surface area contributed by atoms with Crippen LogP contribution in [0.4, 0.5) is 0 Å². The van der Waals surface area contributed by atoms with Crippen LogP contribution in [-0.4, -0.2) is 15.1 Å². The van der Waals surface area contributed by atoms with E-state index in [1.54, 1.807) is 12.1 Å². The van der Waals surface area contributed by atoms with Crippen LogP contribution in [0.3, 0.4) is 0 Å². The lowest BCUT2D eigenvalue weighted by atomic mass is 10.2. The lowest BCUT2D eigenvalue weighted by Gasteiger charge is -1.98. The summed E-state index contributed by atoms with van der Waals surface area (Å²) in [5.41, 5.74) is -0.0538. The largest absolute Gasteiger partial charge is 0.507 e. The summed E-state index contributed by atoms with van der Waals surface area (Å²) in [5, 5.41) is 9.52. The lowest BCUT2D eigenvalue weighted by molar-refractivity contribution is 0.481. The molecule has 0 aliphatic rings. The van der Waals surface area contributed by atoms with Gasteiger partial charge in [0.1, 0.15) is 11.1 Å². The summed E-state index contributed by atoms with van der Waals surface area (Å²) in [6.07, 6.45) is 0. The molecule has 1 aromatic carbocycles. The van der Waals surface area contributed by atoms with Gasteiger partial charge in [0.05, 0.1) is 5.52 Å². The van der Waals surface area contributed by atoms with E-state index in [1.807, 2.05) is 0 Å². The zero-order valence-electron chi connectivity index (χ0n) is 6.41. The van der Waals surface area contributed by atoms with Crippen LogP contribution in [0.1, 0.15) is 0 Å². The van der Waals surface area contributed by atoms with Crippen LogP contribution in [0.25, 0.3) is 10.9 Å². The van der Waals surface area contributed by atoms with Gasteiger partial charge in [-0.1, -0.05) is 6.07 Å². The number of phenols is 1. The van der Waals surface area contributed by atoms with Gasteiger partial charge < -0.3 is 5.11 Å². The SMILES string of the molecule is O=c1[nH]c(Cl)nc2cccc(O)c12. The van der Waals surface area contributed by atoms with Gasteiger partial charge in [-0.15, -0.1) is 0 Å². The highest BCUT2D eigenvalue weighted by atomic mass is 35.5. The Kier molecular flexibility index (Phi) is 1.70. The molecule has 0 saturated heterocycles. The third kappa shape index (κ3) is 1.25. The summed E-state index contributed by atoms with van der Waals surface area (Å²) in [5.74, 6) is -0.0945. The van der Waals surface area contributed by atoms with E-state index in [0.29, 0.717) is 5.52 Å². The second-order valence-corrected chi connectivity index (χ2v) is 2.89. The van der Waals surface area contributed by atoms with Crippen LogP contribution in [0, 0.1) is 0 Å². The molecule has 0 amide bonds. The molecule has 1 aromatic heterocycles. The Bertz CT molecular complexity index is 521. The van der Waals surface area contributed by atoms with Gasteiger partial charge in [0.2, 0.25) is 5.28 Å². The molecule has 5 heteroatoms. The van der Waals surface area contributed by atoms with E-state index in [9.17, 15) is 9.90 Å². The minimum absolute atomic E-state index is 0.0168. The first-order valence-electron chi connectivity index (χ1n) is 3.56. The first-order chi connectivity index (χ1) is 6.18. The van der Waals surface area contributed by atoms with E-state index < -0.39 is 5.56 Å². The van der Waals surface area contributed by atoms with E-state index in [4.69, 9.17) is 11.6 Å². The Balaban J connectivity index is 3.03. The molecular weight excluding hydrogens is 192 g/mol. The maximum Gasteiger partial charge on any atom is 0.263 e. The standard InChI is InChI=1S/C8H5ClN2O2/c9-8-10-4-2-1-3-5(12)6(4)7(13)11-8/h1-3,12H,(H,10,11,13). The number of aromatic amines is 1. The first-order valence-corrected chi connectivity index (χ1v) is 3.94. The van der Waals surface area contributed by atoms with Crippen LogP contribution in [0.5, 0.6) is 5.75 Å². The summed E-state index contributed by atoms with van der Waals surface area (Å²) >= 11 is 5.53. The predicted octanol–water partition coefficient (Wildman–Crippen LogP) is 1.28. The highest BCUT2D eigenvalue weighted by Crippen LogP contribution is 2.19. The average Bonchev–Trinajstić information content (AvgIpc) is 2.02. The van der Waals surface area contributed by atoms with E-state index in [0.717, 1.165) is 0 Å². The number of aromatic hydroxyl groups is 1. The molecular formula is C8H5ClN2O2. The number of halogens is 1. The van der Waals surface area contributed by atoms with Crippen molar-refractivity contribution in [3.8, 4) is 5.75 Å². The quantitative estimate of drug-likeness (QED) is 0.624. The monoisotopic (exact) mass is 196 g/mol.